The number of nitrogens with zero attached hydrogens (tertiary/aromatic N) is 2. The molecule has 0 saturated carbocycles. The van der Waals surface area contributed by atoms with E-state index in [4.69, 9.17) is 22.6 Å². The topological polar surface area (TPSA) is 154 Å². The monoisotopic (exact) mass is 564 g/mol. The van der Waals surface area contributed by atoms with Crippen LogP contribution in [0.5, 0.6) is 17.2 Å². The molecule has 0 unspecified atom stereocenters. The molecule has 39 heavy (non-hydrogen) atoms. The van der Waals surface area contributed by atoms with Gasteiger partial charge < -0.3 is 32.8 Å². The number of nitrogens with one attached hydrogen (secondary N) is 2. The first kappa shape index (κ1) is 29.5. The second-order valence-corrected chi connectivity index (χ2v) is 10.1. The Balaban J connectivity index is 1.89. The Kier molecular flexibility index (Phi) is 9.95. The number of rotatable bonds is 11. The second kappa shape index (κ2) is 13.2. The van der Waals surface area contributed by atoms with Crippen LogP contribution in [0.25, 0.3) is 0 Å². The molecule has 2 aliphatic heterocycles. The Bertz CT molecular complexity index is 1200. The van der Waals surface area contributed by atoms with Crippen LogP contribution in [-0.2, 0) is 22.7 Å². The van der Waals surface area contributed by atoms with Crippen molar-refractivity contribution in [3.05, 3.63) is 41.0 Å². The molecular formula is C25H32N4O9S. The van der Waals surface area contributed by atoms with Crippen LogP contribution in [0.4, 0.5) is 0 Å². The fourth-order valence-corrected chi connectivity index (χ4v) is 5.60. The molecule has 2 N–H and O–H groups in total. The normalized spacial score (nSPS) is 16.5. The van der Waals surface area contributed by atoms with Crippen LogP contribution in [0.2, 0.25) is 0 Å². The highest BCUT2D eigenvalue weighted by Gasteiger charge is 2.42. The minimum absolute atomic E-state index is 0.0195. The summed E-state index contributed by atoms with van der Waals surface area (Å²) in [4.78, 5) is 57.2. The highest BCUT2D eigenvalue weighted by Crippen LogP contribution is 2.58. The van der Waals surface area contributed by atoms with Crippen molar-refractivity contribution in [1.29, 1.82) is 0 Å². The van der Waals surface area contributed by atoms with Crippen LogP contribution in [0, 0.1) is 0 Å². The third kappa shape index (κ3) is 6.89. The lowest BCUT2D eigenvalue weighted by atomic mass is 10.1. The van der Waals surface area contributed by atoms with Crippen LogP contribution >= 0.6 is 10.6 Å². The molecule has 1 spiro atoms. The SMILES string of the molecule is CCN(CC)CCCNC(=O)C1=CS2(OC(=O)C=CC(=O)O2)C(NC(=O)c2cc(OC)c(OC)cc2OC)=N1. The van der Waals surface area contributed by atoms with Crippen LogP contribution in [0.15, 0.2) is 40.4 Å². The maximum atomic E-state index is 13.4. The first-order valence-corrected chi connectivity index (χ1v) is 13.6. The minimum atomic E-state index is -3.41. The number of ether oxygens (including phenoxy) is 3. The van der Waals surface area contributed by atoms with Crippen molar-refractivity contribution in [3.8, 4) is 17.2 Å². The average molecular weight is 565 g/mol. The van der Waals surface area contributed by atoms with E-state index in [1.165, 1.54) is 33.5 Å². The molecular weight excluding hydrogens is 532 g/mol. The summed E-state index contributed by atoms with van der Waals surface area (Å²) in [5.74, 6) is -2.43. The lowest BCUT2D eigenvalue weighted by Gasteiger charge is -2.34. The van der Waals surface area contributed by atoms with E-state index < -0.39 is 34.3 Å². The van der Waals surface area contributed by atoms with Gasteiger partial charge in [0.15, 0.2) is 11.5 Å². The summed E-state index contributed by atoms with van der Waals surface area (Å²) in [6.07, 6.45) is 2.47. The molecule has 0 aromatic heterocycles. The molecule has 0 atom stereocenters. The standard InChI is InChI=1S/C25H32N4O9S/c1-6-29(7-2)12-8-11-26-24(33)17-15-39(37-21(30)9-10-22(31)38-39)25(27-17)28-23(32)16-13-19(35-4)20(36-5)14-18(16)34-3/h9-10,13-15H,6-8,11-12H2,1-5H3,(H,26,33)(H,27,28,32). The molecule has 2 heterocycles. The van der Waals surface area contributed by atoms with Gasteiger partial charge >= 0.3 is 11.9 Å². The van der Waals surface area contributed by atoms with E-state index >= 15 is 0 Å². The predicted molar refractivity (Wildman–Crippen MR) is 143 cm³/mol. The Morgan fingerprint density at radius 1 is 0.923 bits per heavy atom. The summed E-state index contributed by atoms with van der Waals surface area (Å²) < 4.78 is 26.7. The number of amidine groups is 1. The van der Waals surface area contributed by atoms with Gasteiger partial charge in [0.1, 0.15) is 11.4 Å². The van der Waals surface area contributed by atoms with Crippen LogP contribution in [0.1, 0.15) is 30.6 Å². The van der Waals surface area contributed by atoms with Gasteiger partial charge in [0.05, 0.1) is 32.3 Å². The predicted octanol–water partition coefficient (Wildman–Crippen LogP) is 1.79. The van der Waals surface area contributed by atoms with Crippen molar-refractivity contribution in [1.82, 2.24) is 15.5 Å². The van der Waals surface area contributed by atoms with Crippen LogP contribution in [0.3, 0.4) is 0 Å². The minimum Gasteiger partial charge on any atom is -0.496 e. The van der Waals surface area contributed by atoms with Crippen molar-refractivity contribution < 1.29 is 41.8 Å². The second-order valence-electron chi connectivity index (χ2n) is 8.10. The maximum absolute atomic E-state index is 13.4. The molecule has 0 saturated heterocycles. The number of carbonyl (C=O) groups is 4. The van der Waals surface area contributed by atoms with Gasteiger partial charge in [0.2, 0.25) is 5.17 Å². The largest absolute Gasteiger partial charge is 0.496 e. The summed E-state index contributed by atoms with van der Waals surface area (Å²) >= 11 is 0. The molecule has 13 nitrogen and oxygen atoms in total. The maximum Gasteiger partial charge on any atom is 0.354 e. The van der Waals surface area contributed by atoms with Gasteiger partial charge in [-0.15, -0.1) is 0 Å². The van der Waals surface area contributed by atoms with E-state index in [9.17, 15) is 19.2 Å². The zero-order valence-corrected chi connectivity index (χ0v) is 23.2. The van der Waals surface area contributed by atoms with Crippen molar-refractivity contribution in [3.63, 3.8) is 0 Å². The third-order valence-corrected chi connectivity index (χ3v) is 7.85. The summed E-state index contributed by atoms with van der Waals surface area (Å²) in [5, 5.41) is 6.11. The van der Waals surface area contributed by atoms with Gasteiger partial charge in [0, 0.05) is 30.8 Å². The molecule has 14 heteroatoms. The number of hydrogen-bond donors (Lipinski definition) is 2. The van der Waals surface area contributed by atoms with Gasteiger partial charge in [-0.2, -0.15) is 0 Å². The first-order valence-electron chi connectivity index (χ1n) is 12.1. The highest BCUT2D eigenvalue weighted by molar-refractivity contribution is 8.41. The summed E-state index contributed by atoms with van der Waals surface area (Å²) in [7, 11) is 0.793. The molecule has 1 aromatic carbocycles. The van der Waals surface area contributed by atoms with Gasteiger partial charge in [-0.25, -0.2) is 14.6 Å². The van der Waals surface area contributed by atoms with Crippen molar-refractivity contribution in [2.24, 2.45) is 4.99 Å². The molecule has 2 amide bonds. The Morgan fingerprint density at radius 2 is 1.51 bits per heavy atom. The number of hydrogen-bond acceptors (Lipinski definition) is 11. The summed E-state index contributed by atoms with van der Waals surface area (Å²) in [6, 6.07) is 2.84. The Hall–Kier alpha value is -4.04. The van der Waals surface area contributed by atoms with E-state index in [1.54, 1.807) is 0 Å². The quantitative estimate of drug-likeness (QED) is 0.380. The lowest BCUT2D eigenvalue weighted by Crippen LogP contribution is -2.35. The van der Waals surface area contributed by atoms with Crippen LogP contribution in [-0.4, -0.2) is 81.3 Å². The molecule has 3 rings (SSSR count). The van der Waals surface area contributed by atoms with Gasteiger partial charge in [0.25, 0.3) is 11.8 Å². The van der Waals surface area contributed by atoms with Gasteiger partial charge in [-0.3, -0.25) is 14.9 Å². The molecule has 0 fully saturated rings. The number of aliphatic imine (C=N–C) groups is 1. The van der Waals surface area contributed by atoms with E-state index in [2.05, 4.69) is 34.4 Å². The number of methoxy groups -OCH3 is 3. The van der Waals surface area contributed by atoms with Crippen LogP contribution < -0.4 is 24.8 Å². The van der Waals surface area contributed by atoms with Crippen molar-refractivity contribution in [2.45, 2.75) is 20.3 Å². The molecule has 2 aliphatic rings. The van der Waals surface area contributed by atoms with E-state index in [0.29, 0.717) is 18.7 Å². The smallest absolute Gasteiger partial charge is 0.354 e. The van der Waals surface area contributed by atoms with Crippen molar-refractivity contribution >= 4 is 39.5 Å². The van der Waals surface area contributed by atoms with E-state index in [-0.39, 0.29) is 27.9 Å². The molecule has 1 aromatic rings. The number of carbonyl (C=O) groups excluding carboxylic acids is 4. The molecule has 0 radical (unpaired) electrons. The first-order chi connectivity index (χ1) is 18.7. The summed E-state index contributed by atoms with van der Waals surface area (Å²) in [5.41, 5.74) is -0.156. The number of benzene rings is 1. The average Bonchev–Trinajstić information content (AvgIpc) is 3.19. The molecule has 0 bridgehead atoms. The molecule has 0 aliphatic carbocycles. The third-order valence-electron chi connectivity index (χ3n) is 5.76. The Labute approximate surface area is 227 Å². The van der Waals surface area contributed by atoms with Crippen molar-refractivity contribution in [2.75, 3.05) is 47.5 Å². The molecule has 212 valence electrons. The summed E-state index contributed by atoms with van der Waals surface area (Å²) in [6.45, 7) is 7.05. The van der Waals surface area contributed by atoms with E-state index in [1.807, 2.05) is 0 Å². The fourth-order valence-electron chi connectivity index (χ4n) is 3.69. The zero-order valence-electron chi connectivity index (χ0n) is 22.4. The lowest BCUT2D eigenvalue weighted by molar-refractivity contribution is -0.129. The van der Waals surface area contributed by atoms with Gasteiger partial charge in [-0.05, 0) is 36.6 Å². The van der Waals surface area contributed by atoms with Gasteiger partial charge in [-0.1, -0.05) is 13.8 Å². The Morgan fingerprint density at radius 3 is 2.08 bits per heavy atom. The number of amides is 2. The highest BCUT2D eigenvalue weighted by atomic mass is 32.3. The fraction of sp³-hybridized carbons (Fsp3) is 0.400. The zero-order chi connectivity index (χ0) is 28.6. The van der Waals surface area contributed by atoms with E-state index in [0.717, 1.165) is 37.2 Å².